The van der Waals surface area contributed by atoms with Gasteiger partial charge in [-0.25, -0.2) is 4.79 Å². The van der Waals surface area contributed by atoms with Gasteiger partial charge in [0.2, 0.25) is 5.91 Å². The number of amides is 5. The fourth-order valence-electron chi connectivity index (χ4n) is 4.58. The van der Waals surface area contributed by atoms with Gasteiger partial charge in [0.15, 0.2) is 0 Å². The van der Waals surface area contributed by atoms with Crippen molar-refractivity contribution in [3.63, 3.8) is 0 Å². The Labute approximate surface area is 168 Å². The number of imide groups is 1. The molecule has 1 aromatic rings. The van der Waals surface area contributed by atoms with Crippen LogP contribution in [0.2, 0.25) is 0 Å². The van der Waals surface area contributed by atoms with Crippen molar-refractivity contribution in [2.75, 3.05) is 6.54 Å². The Balaban J connectivity index is 1.44. The van der Waals surface area contributed by atoms with Crippen molar-refractivity contribution in [1.82, 2.24) is 20.7 Å². The largest absolute Gasteiger partial charge is 0.368 e. The first-order valence-corrected chi connectivity index (χ1v) is 9.96. The van der Waals surface area contributed by atoms with Gasteiger partial charge >= 0.3 is 6.03 Å². The molecule has 1 aliphatic carbocycles. The average molecular weight is 399 g/mol. The normalized spacial score (nSPS) is 23.6. The summed E-state index contributed by atoms with van der Waals surface area (Å²) in [6, 6.07) is 6.46. The molecular formula is C20H25N5O4. The lowest BCUT2D eigenvalue weighted by molar-refractivity contribution is -0.141. The van der Waals surface area contributed by atoms with E-state index < -0.39 is 35.3 Å². The Morgan fingerprint density at radius 3 is 2.52 bits per heavy atom. The minimum Gasteiger partial charge on any atom is -0.368 e. The summed E-state index contributed by atoms with van der Waals surface area (Å²) in [7, 11) is 0. The molecule has 1 aromatic carbocycles. The van der Waals surface area contributed by atoms with Crippen molar-refractivity contribution >= 4 is 23.8 Å². The van der Waals surface area contributed by atoms with E-state index in [4.69, 9.17) is 5.73 Å². The molecule has 154 valence electrons. The summed E-state index contributed by atoms with van der Waals surface area (Å²) in [5.41, 5.74) is 9.12. The molecule has 2 fully saturated rings. The Bertz CT molecular complexity index is 864. The van der Waals surface area contributed by atoms with Crippen LogP contribution in [-0.2, 0) is 27.3 Å². The topological polar surface area (TPSA) is 125 Å². The summed E-state index contributed by atoms with van der Waals surface area (Å²) in [5.74, 6) is -1.46. The quantitative estimate of drug-likeness (QED) is 0.623. The average Bonchev–Trinajstić information content (AvgIpc) is 2.91. The second-order valence-corrected chi connectivity index (χ2v) is 8.04. The van der Waals surface area contributed by atoms with Gasteiger partial charge in [0.05, 0.1) is 12.6 Å². The van der Waals surface area contributed by atoms with Gasteiger partial charge in [-0.2, -0.15) is 5.01 Å². The zero-order chi connectivity index (χ0) is 20.6. The molecule has 4 N–H and O–H groups in total. The first-order chi connectivity index (χ1) is 13.9. The highest BCUT2D eigenvalue weighted by Gasteiger charge is 2.52. The number of benzene rings is 1. The molecule has 4 rings (SSSR count). The van der Waals surface area contributed by atoms with Gasteiger partial charge in [-0.15, -0.1) is 0 Å². The summed E-state index contributed by atoms with van der Waals surface area (Å²) in [6.45, 7) is 0.243. The second-order valence-electron chi connectivity index (χ2n) is 8.04. The highest BCUT2D eigenvalue weighted by molar-refractivity contribution is 6.08. The summed E-state index contributed by atoms with van der Waals surface area (Å²) >= 11 is 0. The highest BCUT2D eigenvalue weighted by atomic mass is 16.2. The Morgan fingerprint density at radius 2 is 1.83 bits per heavy atom. The van der Waals surface area contributed by atoms with Crippen LogP contribution in [-0.4, -0.2) is 51.8 Å². The number of urea groups is 1. The third kappa shape index (κ3) is 3.57. The summed E-state index contributed by atoms with van der Waals surface area (Å²) in [6.07, 6.45) is 4.34. The maximum Gasteiger partial charge on any atom is 0.344 e. The van der Waals surface area contributed by atoms with Crippen LogP contribution in [0.15, 0.2) is 24.3 Å². The smallest absolute Gasteiger partial charge is 0.344 e. The zero-order valence-corrected chi connectivity index (χ0v) is 16.1. The van der Waals surface area contributed by atoms with E-state index in [9.17, 15) is 19.2 Å². The first kappa shape index (κ1) is 19.4. The fourth-order valence-corrected chi connectivity index (χ4v) is 4.58. The van der Waals surface area contributed by atoms with Gasteiger partial charge in [0, 0.05) is 6.54 Å². The molecule has 3 aliphatic rings. The van der Waals surface area contributed by atoms with Gasteiger partial charge in [0.25, 0.3) is 11.8 Å². The molecule has 1 spiro atoms. The third-order valence-corrected chi connectivity index (χ3v) is 6.13. The van der Waals surface area contributed by atoms with E-state index in [1.54, 1.807) is 4.90 Å². The molecule has 9 heteroatoms. The summed E-state index contributed by atoms with van der Waals surface area (Å²) in [5, 5.41) is 3.54. The van der Waals surface area contributed by atoms with Crippen LogP contribution in [0.5, 0.6) is 0 Å². The third-order valence-electron chi connectivity index (χ3n) is 6.13. The highest BCUT2D eigenvalue weighted by Crippen LogP contribution is 2.33. The predicted octanol–water partition coefficient (Wildman–Crippen LogP) is 0.185. The van der Waals surface area contributed by atoms with E-state index in [2.05, 4.69) is 10.7 Å². The molecule has 2 aliphatic heterocycles. The molecule has 1 saturated heterocycles. The number of hydrogen-bond donors (Lipinski definition) is 3. The van der Waals surface area contributed by atoms with E-state index in [-0.39, 0.29) is 6.54 Å². The number of fused-ring (bicyclic) bond motifs is 1. The van der Waals surface area contributed by atoms with Crippen LogP contribution in [0.25, 0.3) is 0 Å². The van der Waals surface area contributed by atoms with E-state index in [0.29, 0.717) is 25.8 Å². The number of carbonyl (C=O) groups is 4. The lowest BCUT2D eigenvalue weighted by atomic mass is 9.82. The zero-order valence-electron chi connectivity index (χ0n) is 16.1. The molecule has 2 heterocycles. The minimum atomic E-state index is -0.900. The summed E-state index contributed by atoms with van der Waals surface area (Å²) < 4.78 is 0. The molecule has 1 atom stereocenters. The predicted molar refractivity (Wildman–Crippen MR) is 103 cm³/mol. The number of hydrogen-bond acceptors (Lipinski definition) is 5. The molecule has 5 amide bonds. The number of nitrogens with two attached hydrogens (primary N) is 1. The summed E-state index contributed by atoms with van der Waals surface area (Å²) in [4.78, 5) is 51.3. The Kier molecular flexibility index (Phi) is 4.99. The van der Waals surface area contributed by atoms with Gasteiger partial charge < -0.3 is 11.1 Å². The SMILES string of the molecule is NC(=O)[C@@H]1Cc2ccccc2CN1CC(=O)NN1C(=O)NC2(CCCCC2)C1=O. The van der Waals surface area contributed by atoms with Crippen molar-refractivity contribution < 1.29 is 19.2 Å². The molecule has 0 aromatic heterocycles. The number of nitrogens with zero attached hydrogens (tertiary/aromatic N) is 2. The van der Waals surface area contributed by atoms with E-state index in [1.165, 1.54) is 0 Å². The van der Waals surface area contributed by atoms with Gasteiger partial charge in [-0.05, 0) is 30.4 Å². The van der Waals surface area contributed by atoms with E-state index in [0.717, 1.165) is 35.4 Å². The molecule has 0 bridgehead atoms. The van der Waals surface area contributed by atoms with Crippen molar-refractivity contribution in [2.24, 2.45) is 5.73 Å². The maximum absolute atomic E-state index is 12.8. The van der Waals surface area contributed by atoms with Crippen LogP contribution in [0, 0.1) is 0 Å². The van der Waals surface area contributed by atoms with E-state index >= 15 is 0 Å². The van der Waals surface area contributed by atoms with Crippen molar-refractivity contribution in [2.45, 2.75) is 56.7 Å². The van der Waals surface area contributed by atoms with Crippen LogP contribution in [0.3, 0.4) is 0 Å². The molecule has 29 heavy (non-hydrogen) atoms. The number of carbonyl (C=O) groups excluding carboxylic acids is 4. The van der Waals surface area contributed by atoms with Crippen LogP contribution in [0.1, 0.15) is 43.2 Å². The van der Waals surface area contributed by atoms with Crippen molar-refractivity contribution in [1.29, 1.82) is 0 Å². The van der Waals surface area contributed by atoms with Crippen LogP contribution >= 0.6 is 0 Å². The lowest BCUT2D eigenvalue weighted by Gasteiger charge is -2.34. The van der Waals surface area contributed by atoms with E-state index in [1.807, 2.05) is 24.3 Å². The molecular weight excluding hydrogens is 374 g/mol. The maximum atomic E-state index is 12.8. The molecule has 9 nitrogen and oxygen atoms in total. The minimum absolute atomic E-state index is 0.147. The molecule has 0 radical (unpaired) electrons. The number of hydrazine groups is 1. The number of primary amides is 1. The Morgan fingerprint density at radius 1 is 1.14 bits per heavy atom. The first-order valence-electron chi connectivity index (χ1n) is 9.96. The number of nitrogens with one attached hydrogen (secondary N) is 2. The van der Waals surface area contributed by atoms with Gasteiger partial charge in [0.1, 0.15) is 5.54 Å². The van der Waals surface area contributed by atoms with Gasteiger partial charge in [-0.1, -0.05) is 43.5 Å². The molecule has 1 saturated carbocycles. The Hall–Kier alpha value is -2.94. The van der Waals surface area contributed by atoms with Gasteiger partial charge in [-0.3, -0.25) is 24.7 Å². The lowest BCUT2D eigenvalue weighted by Crippen LogP contribution is -2.55. The van der Waals surface area contributed by atoms with Crippen molar-refractivity contribution in [3.05, 3.63) is 35.4 Å². The van der Waals surface area contributed by atoms with Crippen molar-refractivity contribution in [3.8, 4) is 0 Å². The fraction of sp³-hybridized carbons (Fsp3) is 0.500. The van der Waals surface area contributed by atoms with Crippen LogP contribution < -0.4 is 16.5 Å². The number of rotatable bonds is 4. The standard InChI is InChI=1S/C20H25N5O4/c21-17(27)15-10-13-6-2-3-7-14(13)11-24(15)12-16(26)23-25-18(28)20(22-19(25)29)8-4-1-5-9-20/h2-3,6-7,15H,1,4-5,8-12H2,(H2,21,27)(H,22,29)(H,23,26)/t15-/m0/s1. The van der Waals surface area contributed by atoms with Crippen LogP contribution in [0.4, 0.5) is 4.79 Å². The monoisotopic (exact) mass is 399 g/mol. The second kappa shape index (κ2) is 7.47. The molecule has 0 unspecified atom stereocenters.